The Balaban J connectivity index is 1.79. The SMILES string of the molecule is Nc1cccc(Cc2cccc(Cc3ccccc3N)c2)c1. The molecule has 0 saturated carbocycles. The van der Waals surface area contributed by atoms with Crippen LogP contribution in [0.5, 0.6) is 0 Å². The van der Waals surface area contributed by atoms with E-state index in [9.17, 15) is 0 Å². The summed E-state index contributed by atoms with van der Waals surface area (Å²) >= 11 is 0. The van der Waals surface area contributed by atoms with E-state index in [1.54, 1.807) is 0 Å². The van der Waals surface area contributed by atoms with Gasteiger partial charge in [0.1, 0.15) is 0 Å². The first kappa shape index (κ1) is 14.2. The lowest BCUT2D eigenvalue weighted by molar-refractivity contribution is 1.14. The minimum absolute atomic E-state index is 0.811. The largest absolute Gasteiger partial charge is 0.399 e. The minimum Gasteiger partial charge on any atom is -0.399 e. The zero-order valence-corrected chi connectivity index (χ0v) is 12.5. The molecule has 0 heterocycles. The normalized spacial score (nSPS) is 10.5. The summed E-state index contributed by atoms with van der Waals surface area (Å²) in [5.74, 6) is 0. The van der Waals surface area contributed by atoms with Crippen molar-refractivity contribution in [3.8, 4) is 0 Å². The van der Waals surface area contributed by atoms with E-state index in [1.807, 2.05) is 36.4 Å². The van der Waals surface area contributed by atoms with Gasteiger partial charge in [-0.05, 0) is 53.3 Å². The molecule has 2 heteroatoms. The van der Waals surface area contributed by atoms with Crippen LogP contribution in [0.25, 0.3) is 0 Å². The number of para-hydroxylation sites is 1. The molecule has 0 amide bonds. The Morgan fingerprint density at radius 1 is 0.591 bits per heavy atom. The Morgan fingerprint density at radius 2 is 1.23 bits per heavy atom. The predicted octanol–water partition coefficient (Wildman–Crippen LogP) is 4.03. The van der Waals surface area contributed by atoms with Crippen LogP contribution in [-0.2, 0) is 12.8 Å². The van der Waals surface area contributed by atoms with Gasteiger partial charge in [0.15, 0.2) is 0 Å². The first-order valence-electron chi connectivity index (χ1n) is 7.46. The number of rotatable bonds is 4. The summed E-state index contributed by atoms with van der Waals surface area (Å²) in [6.45, 7) is 0. The van der Waals surface area contributed by atoms with E-state index < -0.39 is 0 Å². The van der Waals surface area contributed by atoms with Crippen molar-refractivity contribution >= 4 is 11.4 Å². The summed E-state index contributed by atoms with van der Waals surface area (Å²) in [5, 5.41) is 0. The van der Waals surface area contributed by atoms with Gasteiger partial charge in [-0.25, -0.2) is 0 Å². The standard InChI is InChI=1S/C20H20N2/c21-19-9-4-7-17(14-19)12-15-5-3-6-16(11-15)13-18-8-1-2-10-20(18)22/h1-11,14H,12-13,21-22H2. The van der Waals surface area contributed by atoms with Crippen LogP contribution in [0.4, 0.5) is 11.4 Å². The van der Waals surface area contributed by atoms with Crippen molar-refractivity contribution in [3.63, 3.8) is 0 Å². The molecule has 22 heavy (non-hydrogen) atoms. The molecule has 4 N–H and O–H groups in total. The minimum atomic E-state index is 0.811. The van der Waals surface area contributed by atoms with E-state index in [4.69, 9.17) is 11.5 Å². The molecule has 0 atom stereocenters. The first-order chi connectivity index (χ1) is 10.7. The molecular weight excluding hydrogens is 268 g/mol. The first-order valence-corrected chi connectivity index (χ1v) is 7.46. The molecule has 0 spiro atoms. The van der Waals surface area contributed by atoms with E-state index in [2.05, 4.69) is 36.4 Å². The number of hydrogen-bond acceptors (Lipinski definition) is 2. The van der Waals surface area contributed by atoms with Gasteiger partial charge in [-0.15, -0.1) is 0 Å². The van der Waals surface area contributed by atoms with Crippen LogP contribution in [-0.4, -0.2) is 0 Å². The fourth-order valence-electron chi connectivity index (χ4n) is 2.70. The van der Waals surface area contributed by atoms with E-state index in [-0.39, 0.29) is 0 Å². The van der Waals surface area contributed by atoms with Crippen molar-refractivity contribution in [2.24, 2.45) is 0 Å². The Kier molecular flexibility index (Phi) is 4.10. The fourth-order valence-corrected chi connectivity index (χ4v) is 2.70. The van der Waals surface area contributed by atoms with Gasteiger partial charge in [-0.1, -0.05) is 54.6 Å². The molecule has 110 valence electrons. The maximum atomic E-state index is 6.03. The molecule has 0 radical (unpaired) electrons. The van der Waals surface area contributed by atoms with Crippen LogP contribution in [0.2, 0.25) is 0 Å². The average Bonchev–Trinajstić information content (AvgIpc) is 2.50. The van der Waals surface area contributed by atoms with Gasteiger partial charge in [0, 0.05) is 11.4 Å². The van der Waals surface area contributed by atoms with E-state index in [0.29, 0.717) is 0 Å². The molecule has 0 bridgehead atoms. The van der Waals surface area contributed by atoms with Crippen LogP contribution >= 0.6 is 0 Å². The number of nitrogen functional groups attached to an aromatic ring is 2. The molecule has 3 aromatic rings. The third kappa shape index (κ3) is 3.47. The lowest BCUT2D eigenvalue weighted by Gasteiger charge is -2.08. The van der Waals surface area contributed by atoms with Gasteiger partial charge >= 0.3 is 0 Å². The lowest BCUT2D eigenvalue weighted by Crippen LogP contribution is -1.96. The molecule has 0 unspecified atom stereocenters. The number of anilines is 2. The molecule has 0 saturated heterocycles. The van der Waals surface area contributed by atoms with Crippen molar-refractivity contribution in [1.29, 1.82) is 0 Å². The van der Waals surface area contributed by atoms with Crippen molar-refractivity contribution in [3.05, 3.63) is 95.1 Å². The summed E-state index contributed by atoms with van der Waals surface area (Å²) < 4.78 is 0. The molecule has 0 aliphatic carbocycles. The van der Waals surface area contributed by atoms with Gasteiger partial charge in [0.25, 0.3) is 0 Å². The Labute approximate surface area is 131 Å². The second-order valence-electron chi connectivity index (χ2n) is 5.62. The summed E-state index contributed by atoms with van der Waals surface area (Å²) in [7, 11) is 0. The number of nitrogens with two attached hydrogens (primary N) is 2. The zero-order chi connectivity index (χ0) is 15.4. The van der Waals surface area contributed by atoms with Gasteiger partial charge in [0.2, 0.25) is 0 Å². The lowest BCUT2D eigenvalue weighted by atomic mass is 9.98. The van der Waals surface area contributed by atoms with Crippen LogP contribution < -0.4 is 11.5 Å². The van der Waals surface area contributed by atoms with Crippen molar-refractivity contribution in [2.75, 3.05) is 11.5 Å². The van der Waals surface area contributed by atoms with Crippen LogP contribution in [0.3, 0.4) is 0 Å². The molecule has 3 rings (SSSR count). The summed E-state index contributed by atoms with van der Waals surface area (Å²) in [6.07, 6.45) is 1.75. The molecule has 2 nitrogen and oxygen atoms in total. The molecule has 0 aromatic heterocycles. The summed E-state index contributed by atoms with van der Waals surface area (Å²) in [6, 6.07) is 24.7. The van der Waals surface area contributed by atoms with Crippen LogP contribution in [0.1, 0.15) is 22.3 Å². The van der Waals surface area contributed by atoms with Gasteiger partial charge in [0.05, 0.1) is 0 Å². The fraction of sp³-hybridized carbons (Fsp3) is 0.100. The molecule has 0 fully saturated rings. The second-order valence-corrected chi connectivity index (χ2v) is 5.62. The quantitative estimate of drug-likeness (QED) is 0.712. The topological polar surface area (TPSA) is 52.0 Å². The Morgan fingerprint density at radius 3 is 1.95 bits per heavy atom. The van der Waals surface area contributed by atoms with Crippen LogP contribution in [0, 0.1) is 0 Å². The summed E-state index contributed by atoms with van der Waals surface area (Å²) in [5.41, 5.74) is 18.5. The zero-order valence-electron chi connectivity index (χ0n) is 12.5. The number of benzene rings is 3. The third-order valence-corrected chi connectivity index (χ3v) is 3.80. The molecule has 0 aliphatic heterocycles. The van der Waals surface area contributed by atoms with E-state index in [0.717, 1.165) is 24.2 Å². The van der Waals surface area contributed by atoms with Crippen LogP contribution in [0.15, 0.2) is 72.8 Å². The highest BCUT2D eigenvalue weighted by molar-refractivity contribution is 5.49. The van der Waals surface area contributed by atoms with Crippen molar-refractivity contribution in [1.82, 2.24) is 0 Å². The van der Waals surface area contributed by atoms with Gasteiger partial charge in [-0.3, -0.25) is 0 Å². The summed E-state index contributed by atoms with van der Waals surface area (Å²) in [4.78, 5) is 0. The second kappa shape index (κ2) is 6.35. The molecule has 0 aliphatic rings. The maximum Gasteiger partial charge on any atom is 0.0349 e. The highest BCUT2D eigenvalue weighted by atomic mass is 14.6. The molecular formula is C20H20N2. The Bertz CT molecular complexity index is 778. The smallest absolute Gasteiger partial charge is 0.0349 e. The third-order valence-electron chi connectivity index (χ3n) is 3.80. The predicted molar refractivity (Wildman–Crippen MR) is 93.8 cm³/mol. The highest BCUT2D eigenvalue weighted by Gasteiger charge is 2.02. The van der Waals surface area contributed by atoms with Gasteiger partial charge in [-0.2, -0.15) is 0 Å². The molecule has 3 aromatic carbocycles. The number of hydrogen-bond donors (Lipinski definition) is 2. The van der Waals surface area contributed by atoms with E-state index in [1.165, 1.54) is 22.3 Å². The highest BCUT2D eigenvalue weighted by Crippen LogP contribution is 2.18. The maximum absolute atomic E-state index is 6.03. The van der Waals surface area contributed by atoms with E-state index >= 15 is 0 Å². The van der Waals surface area contributed by atoms with Gasteiger partial charge < -0.3 is 11.5 Å². The van der Waals surface area contributed by atoms with Crippen molar-refractivity contribution in [2.45, 2.75) is 12.8 Å². The monoisotopic (exact) mass is 288 g/mol. The van der Waals surface area contributed by atoms with Crippen molar-refractivity contribution < 1.29 is 0 Å². The average molecular weight is 288 g/mol. The Hall–Kier alpha value is -2.74.